The number of carbonyl (C=O) groups excluding carboxylic acids is 1. The van der Waals surface area contributed by atoms with E-state index in [0.29, 0.717) is 5.56 Å². The van der Waals surface area contributed by atoms with Gasteiger partial charge in [0.25, 0.3) is 0 Å². The number of likely N-dealkylation sites (tertiary alicyclic amines) is 1. The summed E-state index contributed by atoms with van der Waals surface area (Å²) in [6.07, 6.45) is 0. The molecule has 0 saturated carbocycles. The molecule has 1 aliphatic heterocycles. The van der Waals surface area contributed by atoms with Gasteiger partial charge in [-0.15, -0.1) is 0 Å². The number of benzene rings is 1. The van der Waals surface area contributed by atoms with Crippen LogP contribution in [-0.2, 0) is 16.1 Å². The highest BCUT2D eigenvalue weighted by atomic mass is 19.1. The number of hydrogen-bond acceptors (Lipinski definition) is 2. The van der Waals surface area contributed by atoms with Gasteiger partial charge in [0.05, 0.1) is 0 Å². The van der Waals surface area contributed by atoms with Crippen LogP contribution in [0.25, 0.3) is 0 Å². The van der Waals surface area contributed by atoms with Crippen LogP contribution in [0.3, 0.4) is 0 Å². The van der Waals surface area contributed by atoms with Gasteiger partial charge >= 0.3 is 5.97 Å². The molecule has 1 heterocycles. The number of rotatable bonds is 3. The lowest BCUT2D eigenvalue weighted by Crippen LogP contribution is -2.55. The van der Waals surface area contributed by atoms with Gasteiger partial charge in [-0.05, 0) is 6.07 Å². The second-order valence-electron chi connectivity index (χ2n) is 3.70. The number of carboxylic acids is 1. The topological polar surface area (TPSA) is 57.6 Å². The second-order valence-corrected chi connectivity index (χ2v) is 3.70. The molecule has 4 nitrogen and oxygen atoms in total. The SMILES string of the molecule is O=C(O)C1CN(Cc2ccccc2F)C1=O. The molecule has 0 aromatic heterocycles. The van der Waals surface area contributed by atoms with E-state index in [2.05, 4.69) is 0 Å². The smallest absolute Gasteiger partial charge is 0.317 e. The van der Waals surface area contributed by atoms with Crippen LogP contribution in [0.4, 0.5) is 4.39 Å². The summed E-state index contributed by atoms with van der Waals surface area (Å²) in [5.41, 5.74) is 0.402. The number of carbonyl (C=O) groups is 2. The number of halogens is 1. The van der Waals surface area contributed by atoms with E-state index in [4.69, 9.17) is 5.11 Å². The van der Waals surface area contributed by atoms with Gasteiger partial charge in [0, 0.05) is 18.7 Å². The lowest BCUT2D eigenvalue weighted by atomic mass is 9.98. The van der Waals surface area contributed by atoms with E-state index in [1.807, 2.05) is 0 Å². The zero-order chi connectivity index (χ0) is 11.7. The van der Waals surface area contributed by atoms with Gasteiger partial charge in [0.1, 0.15) is 5.82 Å². The molecular formula is C11H10FNO3. The van der Waals surface area contributed by atoms with Crippen molar-refractivity contribution in [2.75, 3.05) is 6.54 Å². The molecule has 0 radical (unpaired) electrons. The predicted molar refractivity (Wildman–Crippen MR) is 52.9 cm³/mol. The molecule has 1 atom stereocenters. The highest BCUT2D eigenvalue weighted by Gasteiger charge is 2.41. The van der Waals surface area contributed by atoms with Crippen LogP contribution in [0.5, 0.6) is 0 Å². The quantitative estimate of drug-likeness (QED) is 0.611. The van der Waals surface area contributed by atoms with E-state index >= 15 is 0 Å². The molecule has 1 aromatic carbocycles. The minimum atomic E-state index is -1.12. The maximum atomic E-state index is 13.2. The standard InChI is InChI=1S/C11H10FNO3/c12-9-4-2-1-3-7(9)5-13-6-8(10(13)14)11(15)16/h1-4,8H,5-6H2,(H,15,16). The molecule has 2 rings (SSSR count). The highest BCUT2D eigenvalue weighted by Crippen LogP contribution is 2.21. The minimum absolute atomic E-state index is 0.134. The molecule has 1 N–H and O–H groups in total. The molecule has 0 spiro atoms. The van der Waals surface area contributed by atoms with Crippen molar-refractivity contribution in [1.82, 2.24) is 4.90 Å². The third kappa shape index (κ3) is 1.76. The van der Waals surface area contributed by atoms with Gasteiger partial charge in [-0.3, -0.25) is 9.59 Å². The second kappa shape index (κ2) is 3.92. The van der Waals surface area contributed by atoms with Crippen LogP contribution in [0, 0.1) is 11.7 Å². The number of β-lactam (4-membered cyclic amide) rings is 1. The maximum Gasteiger partial charge on any atom is 0.317 e. The molecule has 5 heteroatoms. The van der Waals surface area contributed by atoms with Crippen LogP contribution >= 0.6 is 0 Å². The van der Waals surface area contributed by atoms with Gasteiger partial charge in [0.2, 0.25) is 5.91 Å². The monoisotopic (exact) mass is 223 g/mol. The number of hydrogen-bond donors (Lipinski definition) is 1. The van der Waals surface area contributed by atoms with Gasteiger partial charge < -0.3 is 10.0 Å². The first-order chi connectivity index (χ1) is 7.59. The van der Waals surface area contributed by atoms with Gasteiger partial charge in [-0.2, -0.15) is 0 Å². The maximum absolute atomic E-state index is 13.2. The predicted octanol–water partition coefficient (Wildman–Crippen LogP) is 0.869. The first kappa shape index (κ1) is 10.6. The Labute approximate surface area is 91.3 Å². The van der Waals surface area contributed by atoms with Crippen molar-refractivity contribution in [2.45, 2.75) is 6.54 Å². The first-order valence-corrected chi connectivity index (χ1v) is 4.84. The van der Waals surface area contributed by atoms with E-state index in [-0.39, 0.29) is 18.9 Å². The van der Waals surface area contributed by atoms with E-state index in [1.165, 1.54) is 11.0 Å². The fourth-order valence-corrected chi connectivity index (χ4v) is 1.65. The zero-order valence-corrected chi connectivity index (χ0v) is 8.39. The molecule has 1 saturated heterocycles. The Hall–Kier alpha value is -1.91. The summed E-state index contributed by atoms with van der Waals surface area (Å²) in [5, 5.41) is 8.62. The Bertz CT molecular complexity index is 447. The van der Waals surface area contributed by atoms with E-state index < -0.39 is 17.8 Å². The molecule has 1 fully saturated rings. The highest BCUT2D eigenvalue weighted by molar-refractivity contribution is 6.01. The zero-order valence-electron chi connectivity index (χ0n) is 8.39. The fraction of sp³-hybridized carbons (Fsp3) is 0.273. The third-order valence-corrected chi connectivity index (χ3v) is 2.63. The number of amides is 1. The number of carboxylic acid groups (broad SMARTS) is 1. The lowest BCUT2D eigenvalue weighted by molar-refractivity contribution is -0.162. The Morgan fingerprint density at radius 3 is 2.75 bits per heavy atom. The summed E-state index contributed by atoms with van der Waals surface area (Å²) in [6.45, 7) is 0.289. The van der Waals surface area contributed by atoms with E-state index in [0.717, 1.165) is 0 Å². The van der Waals surface area contributed by atoms with E-state index in [1.54, 1.807) is 18.2 Å². The summed E-state index contributed by atoms with van der Waals surface area (Å²) in [4.78, 5) is 23.2. The molecule has 1 unspecified atom stereocenters. The summed E-state index contributed by atoms with van der Waals surface area (Å²) in [6, 6.07) is 6.14. The van der Waals surface area contributed by atoms with Crippen molar-refractivity contribution in [3.63, 3.8) is 0 Å². The molecule has 1 amide bonds. The summed E-state index contributed by atoms with van der Waals surface area (Å²) >= 11 is 0. The number of nitrogens with zero attached hydrogens (tertiary/aromatic N) is 1. The average Bonchev–Trinajstić information content (AvgIpc) is 2.24. The molecule has 16 heavy (non-hydrogen) atoms. The van der Waals surface area contributed by atoms with Gasteiger partial charge in [0.15, 0.2) is 5.92 Å². The van der Waals surface area contributed by atoms with E-state index in [9.17, 15) is 14.0 Å². The van der Waals surface area contributed by atoms with Crippen LogP contribution in [-0.4, -0.2) is 28.4 Å². The Morgan fingerprint density at radius 2 is 2.19 bits per heavy atom. The van der Waals surface area contributed by atoms with Crippen molar-refractivity contribution >= 4 is 11.9 Å². The molecule has 0 bridgehead atoms. The molecular weight excluding hydrogens is 213 g/mol. The molecule has 1 aromatic rings. The largest absolute Gasteiger partial charge is 0.481 e. The first-order valence-electron chi connectivity index (χ1n) is 4.84. The van der Waals surface area contributed by atoms with Crippen LogP contribution < -0.4 is 0 Å². The van der Waals surface area contributed by atoms with Crippen molar-refractivity contribution in [2.24, 2.45) is 5.92 Å². The van der Waals surface area contributed by atoms with Crippen molar-refractivity contribution in [3.05, 3.63) is 35.6 Å². The Morgan fingerprint density at radius 1 is 1.50 bits per heavy atom. The Kier molecular flexibility index (Phi) is 2.60. The van der Waals surface area contributed by atoms with Crippen molar-refractivity contribution in [3.8, 4) is 0 Å². The summed E-state index contributed by atoms with van der Waals surface area (Å²) in [7, 11) is 0. The summed E-state index contributed by atoms with van der Waals surface area (Å²) < 4.78 is 13.2. The van der Waals surface area contributed by atoms with Crippen LogP contribution in [0.2, 0.25) is 0 Å². The molecule has 84 valence electrons. The average molecular weight is 223 g/mol. The molecule has 0 aliphatic carbocycles. The van der Waals surface area contributed by atoms with Crippen molar-refractivity contribution < 1.29 is 19.1 Å². The summed E-state index contributed by atoms with van der Waals surface area (Å²) in [5.74, 6) is -2.90. The lowest BCUT2D eigenvalue weighted by Gasteiger charge is -2.36. The van der Waals surface area contributed by atoms with Crippen LogP contribution in [0.1, 0.15) is 5.56 Å². The van der Waals surface area contributed by atoms with Crippen molar-refractivity contribution in [1.29, 1.82) is 0 Å². The minimum Gasteiger partial charge on any atom is -0.481 e. The Balaban J connectivity index is 2.02. The normalized spacial score (nSPS) is 19.4. The molecule has 1 aliphatic rings. The van der Waals surface area contributed by atoms with Gasteiger partial charge in [-0.25, -0.2) is 4.39 Å². The van der Waals surface area contributed by atoms with Gasteiger partial charge in [-0.1, -0.05) is 18.2 Å². The fourth-order valence-electron chi connectivity index (χ4n) is 1.65. The van der Waals surface area contributed by atoms with Crippen LogP contribution in [0.15, 0.2) is 24.3 Å². The third-order valence-electron chi connectivity index (χ3n) is 2.63. The number of aliphatic carboxylic acids is 1.